The van der Waals surface area contributed by atoms with Gasteiger partial charge >= 0.3 is 0 Å². The second-order valence-electron chi connectivity index (χ2n) is 6.99. The lowest BCUT2D eigenvalue weighted by Crippen LogP contribution is -2.15. The largest absolute Gasteiger partial charge is 0.388 e. The van der Waals surface area contributed by atoms with Crippen LogP contribution in [0.25, 0.3) is 0 Å². The normalized spacial score (nSPS) is 18.7. The van der Waals surface area contributed by atoms with Crippen molar-refractivity contribution in [3.63, 3.8) is 0 Å². The molecule has 1 aliphatic rings. The average Bonchev–Trinajstić information content (AvgIpc) is 2.64. The molecule has 1 aromatic carbocycles. The van der Waals surface area contributed by atoms with E-state index in [0.29, 0.717) is 11.3 Å². The smallest absolute Gasteiger partial charge is 0.0792 e. The first-order chi connectivity index (χ1) is 8.79. The molecule has 1 N–H and O–H groups in total. The monoisotopic (exact) mass is 260 g/mol. The Kier molecular flexibility index (Phi) is 3.79. The van der Waals surface area contributed by atoms with Gasteiger partial charge in [0.05, 0.1) is 6.10 Å². The molecule has 0 heterocycles. The molecular weight excluding hydrogens is 232 g/mol. The van der Waals surface area contributed by atoms with Crippen LogP contribution in [-0.4, -0.2) is 5.11 Å². The van der Waals surface area contributed by atoms with Crippen molar-refractivity contribution >= 4 is 0 Å². The summed E-state index contributed by atoms with van der Waals surface area (Å²) in [6.07, 6.45) is 2.87. The molecular formula is C18H28O. The molecule has 0 fully saturated rings. The lowest BCUT2D eigenvalue weighted by molar-refractivity contribution is 0.171. The third-order valence-electron chi connectivity index (χ3n) is 4.86. The minimum absolute atomic E-state index is 0.291. The summed E-state index contributed by atoms with van der Waals surface area (Å²) in [5.74, 6) is 0.469. The van der Waals surface area contributed by atoms with Crippen LogP contribution in [0, 0.1) is 6.92 Å². The second kappa shape index (κ2) is 4.94. The van der Waals surface area contributed by atoms with E-state index in [1.807, 2.05) is 0 Å². The van der Waals surface area contributed by atoms with E-state index >= 15 is 0 Å². The molecule has 0 spiro atoms. The van der Waals surface area contributed by atoms with Gasteiger partial charge in [0.15, 0.2) is 0 Å². The first-order valence-electron chi connectivity index (χ1n) is 7.64. The Morgan fingerprint density at radius 2 is 1.95 bits per heavy atom. The van der Waals surface area contributed by atoms with Crippen LogP contribution < -0.4 is 0 Å². The summed E-state index contributed by atoms with van der Waals surface area (Å²) in [5.41, 5.74) is 7.20. The van der Waals surface area contributed by atoms with Crippen LogP contribution in [0.4, 0.5) is 0 Å². The first-order valence-corrected chi connectivity index (χ1v) is 7.64. The fourth-order valence-corrected chi connectivity index (χ4v) is 3.52. The van der Waals surface area contributed by atoms with Crippen molar-refractivity contribution in [2.24, 2.45) is 0 Å². The summed E-state index contributed by atoms with van der Waals surface area (Å²) >= 11 is 0. The molecule has 0 aromatic heterocycles. The van der Waals surface area contributed by atoms with Crippen molar-refractivity contribution in [2.75, 3.05) is 0 Å². The van der Waals surface area contributed by atoms with Crippen LogP contribution in [-0.2, 0) is 11.8 Å². The molecule has 106 valence electrons. The quantitative estimate of drug-likeness (QED) is 0.828. The van der Waals surface area contributed by atoms with Crippen molar-refractivity contribution in [1.29, 1.82) is 0 Å². The Bertz CT molecular complexity index is 483. The minimum atomic E-state index is -0.314. The minimum Gasteiger partial charge on any atom is -0.388 e. The van der Waals surface area contributed by atoms with Gasteiger partial charge in [-0.25, -0.2) is 0 Å². The van der Waals surface area contributed by atoms with Crippen molar-refractivity contribution in [3.05, 3.63) is 33.9 Å². The Balaban J connectivity index is 2.70. The van der Waals surface area contributed by atoms with Gasteiger partial charge < -0.3 is 5.11 Å². The number of hydrogen-bond donors (Lipinski definition) is 1. The van der Waals surface area contributed by atoms with Gasteiger partial charge in [0, 0.05) is 0 Å². The van der Waals surface area contributed by atoms with Gasteiger partial charge in [0.25, 0.3) is 0 Å². The summed E-state index contributed by atoms with van der Waals surface area (Å²) in [6, 6.07) is 2.38. The molecule has 0 aliphatic heterocycles. The van der Waals surface area contributed by atoms with Crippen molar-refractivity contribution < 1.29 is 5.11 Å². The highest BCUT2D eigenvalue weighted by Gasteiger charge is 2.33. The van der Waals surface area contributed by atoms with E-state index in [1.54, 1.807) is 0 Å². The third-order valence-corrected chi connectivity index (χ3v) is 4.86. The average molecular weight is 260 g/mol. The molecule has 19 heavy (non-hydrogen) atoms. The summed E-state index contributed by atoms with van der Waals surface area (Å²) in [7, 11) is 0. The van der Waals surface area contributed by atoms with E-state index in [1.165, 1.54) is 34.2 Å². The van der Waals surface area contributed by atoms with E-state index in [4.69, 9.17) is 0 Å². The maximum atomic E-state index is 10.4. The predicted molar refractivity (Wildman–Crippen MR) is 81.9 cm³/mol. The van der Waals surface area contributed by atoms with Crippen LogP contribution in [0.15, 0.2) is 6.07 Å². The van der Waals surface area contributed by atoms with Gasteiger partial charge in [-0.05, 0) is 65.3 Å². The molecule has 0 amide bonds. The summed E-state index contributed by atoms with van der Waals surface area (Å²) in [5, 5.41) is 10.4. The molecule has 1 aromatic rings. The number of aliphatic hydroxyl groups is 1. The lowest BCUT2D eigenvalue weighted by Gasteiger charge is -2.26. The van der Waals surface area contributed by atoms with Crippen LogP contribution in [0.3, 0.4) is 0 Å². The Hall–Kier alpha value is -0.820. The number of hydrogen-bond acceptors (Lipinski definition) is 1. The van der Waals surface area contributed by atoms with Gasteiger partial charge in [0.1, 0.15) is 0 Å². The topological polar surface area (TPSA) is 20.2 Å². The van der Waals surface area contributed by atoms with Gasteiger partial charge in [-0.3, -0.25) is 0 Å². The molecule has 0 bridgehead atoms. The van der Waals surface area contributed by atoms with E-state index < -0.39 is 0 Å². The van der Waals surface area contributed by atoms with Crippen molar-refractivity contribution in [1.82, 2.24) is 0 Å². The fourth-order valence-electron chi connectivity index (χ4n) is 3.52. The second-order valence-corrected chi connectivity index (χ2v) is 6.99. The highest BCUT2D eigenvalue weighted by Crippen LogP contribution is 2.44. The van der Waals surface area contributed by atoms with Gasteiger partial charge in [0.2, 0.25) is 0 Å². The molecule has 1 nitrogen and oxygen atoms in total. The first kappa shape index (κ1) is 14.6. The molecule has 1 heteroatoms. The number of aliphatic hydroxyl groups excluding tert-OH is 1. The third kappa shape index (κ3) is 2.33. The molecule has 1 unspecified atom stereocenters. The van der Waals surface area contributed by atoms with Gasteiger partial charge in [-0.1, -0.05) is 40.7 Å². The zero-order valence-electron chi connectivity index (χ0n) is 13.3. The Morgan fingerprint density at radius 1 is 1.32 bits per heavy atom. The summed E-state index contributed by atoms with van der Waals surface area (Å²) in [6.45, 7) is 13.4. The summed E-state index contributed by atoms with van der Waals surface area (Å²) in [4.78, 5) is 0. The Morgan fingerprint density at radius 3 is 2.47 bits per heavy atom. The molecule has 0 radical (unpaired) electrons. The number of fused-ring (bicyclic) bond motifs is 1. The summed E-state index contributed by atoms with van der Waals surface area (Å²) < 4.78 is 0. The van der Waals surface area contributed by atoms with Crippen molar-refractivity contribution in [2.45, 2.75) is 78.2 Å². The zero-order chi connectivity index (χ0) is 14.4. The molecule has 0 saturated carbocycles. The lowest BCUT2D eigenvalue weighted by atomic mass is 9.80. The van der Waals surface area contributed by atoms with Crippen LogP contribution in [0.1, 0.15) is 87.3 Å². The SMILES string of the molecule is CCC(O)c1c(C(C)C)cc2c(c1C)CCC2(C)C. The standard InChI is InChI=1S/C18H28O/c1-7-16(19)17-12(4)13-8-9-18(5,6)15(13)10-14(17)11(2)3/h10-11,16,19H,7-9H2,1-6H3. The van der Waals surface area contributed by atoms with Gasteiger partial charge in [-0.15, -0.1) is 0 Å². The zero-order valence-corrected chi connectivity index (χ0v) is 13.3. The molecule has 0 saturated heterocycles. The van der Waals surface area contributed by atoms with Crippen LogP contribution in [0.5, 0.6) is 0 Å². The van der Waals surface area contributed by atoms with E-state index in [0.717, 1.165) is 12.8 Å². The van der Waals surface area contributed by atoms with E-state index in [2.05, 4.69) is 47.6 Å². The van der Waals surface area contributed by atoms with E-state index in [9.17, 15) is 5.11 Å². The van der Waals surface area contributed by atoms with E-state index in [-0.39, 0.29) is 6.10 Å². The highest BCUT2D eigenvalue weighted by molar-refractivity contribution is 5.52. The molecule has 2 rings (SSSR count). The fraction of sp³-hybridized carbons (Fsp3) is 0.667. The predicted octanol–water partition coefficient (Wildman–Crippen LogP) is 4.79. The Labute approximate surface area is 118 Å². The maximum absolute atomic E-state index is 10.4. The molecule has 1 atom stereocenters. The van der Waals surface area contributed by atoms with Gasteiger partial charge in [-0.2, -0.15) is 0 Å². The van der Waals surface area contributed by atoms with Crippen LogP contribution >= 0.6 is 0 Å². The van der Waals surface area contributed by atoms with Crippen LogP contribution in [0.2, 0.25) is 0 Å². The maximum Gasteiger partial charge on any atom is 0.0792 e. The number of rotatable bonds is 3. The highest BCUT2D eigenvalue weighted by atomic mass is 16.3. The molecule has 1 aliphatic carbocycles. The van der Waals surface area contributed by atoms with Crippen molar-refractivity contribution in [3.8, 4) is 0 Å². The number of benzene rings is 1.